The van der Waals surface area contributed by atoms with Gasteiger partial charge in [-0.25, -0.2) is 9.37 Å². The molecule has 0 saturated carbocycles. The molecule has 1 amide bonds. The van der Waals surface area contributed by atoms with Gasteiger partial charge in [0.25, 0.3) is 5.91 Å². The number of rotatable bonds is 6. The standard InChI is InChI=1S/C26H26FN5O3/c1-16(27)26(34)32-14-10-17(11-15-32)22-25(29-13-12-28-22)35-19-8-6-18(7-9-19)23(33)24-30-20-4-2-3-5-21(20)31-24/h2-9,12-13,16-17,20-21H,10-11,14-15H2,1H3,(H,30,31)/t16-,20?,21?/m1/s1. The van der Waals surface area contributed by atoms with Gasteiger partial charge in [-0.05, 0) is 44.0 Å². The van der Waals surface area contributed by atoms with Crippen molar-refractivity contribution in [3.63, 3.8) is 0 Å². The highest BCUT2D eigenvalue weighted by molar-refractivity contribution is 6.45. The van der Waals surface area contributed by atoms with Gasteiger partial charge in [0.15, 0.2) is 12.0 Å². The van der Waals surface area contributed by atoms with E-state index in [0.29, 0.717) is 54.7 Å². The number of fused-ring (bicyclic) bond motifs is 1. The zero-order chi connectivity index (χ0) is 24.4. The molecule has 0 radical (unpaired) electrons. The lowest BCUT2D eigenvalue weighted by molar-refractivity contribution is -0.137. The molecule has 1 fully saturated rings. The number of benzene rings is 1. The number of piperidine rings is 1. The summed E-state index contributed by atoms with van der Waals surface area (Å²) in [4.78, 5) is 39.7. The van der Waals surface area contributed by atoms with E-state index < -0.39 is 12.1 Å². The van der Waals surface area contributed by atoms with Crippen LogP contribution in [0.15, 0.2) is 66.0 Å². The van der Waals surface area contributed by atoms with Crippen molar-refractivity contribution in [2.24, 2.45) is 4.99 Å². The van der Waals surface area contributed by atoms with Gasteiger partial charge < -0.3 is 15.0 Å². The first-order valence-corrected chi connectivity index (χ1v) is 11.8. The van der Waals surface area contributed by atoms with Gasteiger partial charge in [0.05, 0.1) is 12.1 Å². The molecule has 2 aromatic rings. The summed E-state index contributed by atoms with van der Waals surface area (Å²) in [6, 6.07) is 6.81. The Morgan fingerprint density at radius 2 is 1.80 bits per heavy atom. The van der Waals surface area contributed by atoms with E-state index in [1.165, 1.54) is 6.92 Å². The molecule has 9 heteroatoms. The molecule has 1 aliphatic carbocycles. The molecular formula is C26H26FN5O3. The van der Waals surface area contributed by atoms with Gasteiger partial charge in [-0.1, -0.05) is 24.3 Å². The van der Waals surface area contributed by atoms with E-state index in [-0.39, 0.29) is 23.8 Å². The molecule has 3 heterocycles. The van der Waals surface area contributed by atoms with Crippen molar-refractivity contribution in [3.05, 3.63) is 72.2 Å². The Labute approximate surface area is 202 Å². The maximum Gasteiger partial charge on any atom is 0.256 e. The Hall–Kier alpha value is -3.88. The second kappa shape index (κ2) is 9.77. The van der Waals surface area contributed by atoms with Crippen LogP contribution in [0.4, 0.5) is 4.39 Å². The number of likely N-dealkylation sites (tertiary alicyclic amines) is 1. The topological polar surface area (TPSA) is 96.8 Å². The molecule has 1 saturated heterocycles. The Morgan fingerprint density at radius 1 is 1.09 bits per heavy atom. The van der Waals surface area contributed by atoms with Crippen LogP contribution < -0.4 is 10.1 Å². The normalized spacial score (nSPS) is 22.2. The molecule has 8 nitrogen and oxygen atoms in total. The molecular weight excluding hydrogens is 449 g/mol. The average molecular weight is 476 g/mol. The lowest BCUT2D eigenvalue weighted by Crippen LogP contribution is -2.41. The van der Waals surface area contributed by atoms with Gasteiger partial charge >= 0.3 is 0 Å². The van der Waals surface area contributed by atoms with E-state index in [9.17, 15) is 14.0 Å². The average Bonchev–Trinajstić information content (AvgIpc) is 3.33. The quantitative estimate of drug-likeness (QED) is 0.644. The number of nitrogens with zero attached hydrogens (tertiary/aromatic N) is 4. The van der Waals surface area contributed by atoms with E-state index >= 15 is 0 Å². The number of Topliss-reactive ketones (excluding diaryl/α,β-unsaturated/α-hetero) is 1. The third-order valence-electron chi connectivity index (χ3n) is 6.46. The number of amidine groups is 1. The summed E-state index contributed by atoms with van der Waals surface area (Å²) in [7, 11) is 0. The largest absolute Gasteiger partial charge is 0.437 e. The molecule has 35 heavy (non-hydrogen) atoms. The number of halogens is 1. The summed E-state index contributed by atoms with van der Waals surface area (Å²) < 4.78 is 19.4. The number of ketones is 1. The maximum absolute atomic E-state index is 13.4. The number of alkyl halides is 1. The van der Waals surface area contributed by atoms with Crippen molar-refractivity contribution < 1.29 is 18.7 Å². The first kappa shape index (κ1) is 22.9. The van der Waals surface area contributed by atoms with Gasteiger partial charge in [0.2, 0.25) is 11.7 Å². The lowest BCUT2D eigenvalue weighted by atomic mass is 9.93. The van der Waals surface area contributed by atoms with Crippen LogP contribution in [-0.4, -0.2) is 63.7 Å². The van der Waals surface area contributed by atoms with Crippen molar-refractivity contribution >= 4 is 17.5 Å². The monoisotopic (exact) mass is 475 g/mol. The van der Waals surface area contributed by atoms with Crippen LogP contribution in [0.25, 0.3) is 0 Å². The van der Waals surface area contributed by atoms with Crippen LogP contribution in [0.5, 0.6) is 11.6 Å². The minimum atomic E-state index is -1.49. The SMILES string of the molecule is C[C@@H](F)C(=O)N1CCC(c2nccnc2Oc2ccc(C(=O)C3=NC4C=CC=CC4N3)cc2)CC1. The Balaban J connectivity index is 1.25. The van der Waals surface area contributed by atoms with Gasteiger partial charge in [-0.15, -0.1) is 0 Å². The van der Waals surface area contributed by atoms with Crippen LogP contribution in [-0.2, 0) is 4.79 Å². The van der Waals surface area contributed by atoms with Gasteiger partial charge in [0.1, 0.15) is 11.4 Å². The summed E-state index contributed by atoms with van der Waals surface area (Å²) >= 11 is 0. The summed E-state index contributed by atoms with van der Waals surface area (Å²) in [5, 5.41) is 3.17. The Morgan fingerprint density at radius 3 is 2.51 bits per heavy atom. The number of nitrogens with one attached hydrogen (secondary N) is 1. The molecule has 2 unspecified atom stereocenters. The molecule has 5 rings (SSSR count). The van der Waals surface area contributed by atoms with Gasteiger partial charge in [-0.3, -0.25) is 19.6 Å². The molecule has 1 N–H and O–H groups in total. The number of ether oxygens (including phenoxy) is 1. The third kappa shape index (κ3) is 4.84. The van der Waals surface area contributed by atoms with E-state index in [4.69, 9.17) is 4.74 Å². The van der Waals surface area contributed by atoms with Crippen LogP contribution in [0, 0.1) is 0 Å². The highest BCUT2D eigenvalue weighted by atomic mass is 19.1. The van der Waals surface area contributed by atoms with E-state index in [1.54, 1.807) is 41.6 Å². The minimum Gasteiger partial charge on any atom is -0.437 e. The van der Waals surface area contributed by atoms with E-state index in [1.807, 2.05) is 24.3 Å². The number of hydrogen-bond donors (Lipinski definition) is 1. The van der Waals surface area contributed by atoms with E-state index in [0.717, 1.165) is 0 Å². The third-order valence-corrected chi connectivity index (χ3v) is 6.46. The lowest BCUT2D eigenvalue weighted by Gasteiger charge is -2.32. The van der Waals surface area contributed by atoms with Crippen molar-refractivity contribution in [2.75, 3.05) is 13.1 Å². The second-order valence-corrected chi connectivity index (χ2v) is 8.83. The number of aromatic nitrogens is 2. The number of hydrogen-bond acceptors (Lipinski definition) is 7. The highest BCUT2D eigenvalue weighted by Gasteiger charge is 2.31. The number of amides is 1. The summed E-state index contributed by atoms with van der Waals surface area (Å²) in [5.74, 6) is 0.684. The molecule has 3 aliphatic rings. The van der Waals surface area contributed by atoms with Crippen molar-refractivity contribution in [1.82, 2.24) is 20.2 Å². The molecule has 1 aromatic carbocycles. The number of carbonyl (C=O) groups excluding carboxylic acids is 2. The molecule has 3 atom stereocenters. The van der Waals surface area contributed by atoms with Crippen LogP contribution >= 0.6 is 0 Å². The fraction of sp³-hybridized carbons (Fsp3) is 0.346. The second-order valence-electron chi connectivity index (χ2n) is 8.83. The molecule has 1 aromatic heterocycles. The van der Waals surface area contributed by atoms with Gasteiger partial charge in [-0.2, -0.15) is 0 Å². The van der Waals surface area contributed by atoms with Crippen molar-refractivity contribution in [3.8, 4) is 11.6 Å². The number of carbonyl (C=O) groups is 2. The zero-order valence-corrected chi connectivity index (χ0v) is 19.3. The summed E-state index contributed by atoms with van der Waals surface area (Å²) in [5.41, 5.74) is 1.22. The first-order valence-electron chi connectivity index (χ1n) is 11.8. The predicted molar refractivity (Wildman–Crippen MR) is 128 cm³/mol. The molecule has 180 valence electrons. The van der Waals surface area contributed by atoms with Crippen LogP contribution in [0.3, 0.4) is 0 Å². The highest BCUT2D eigenvalue weighted by Crippen LogP contribution is 2.33. The maximum atomic E-state index is 13.4. The Bertz CT molecular complexity index is 1200. The van der Waals surface area contributed by atoms with Crippen molar-refractivity contribution in [2.45, 2.75) is 43.9 Å². The number of allylic oxidation sites excluding steroid dienone is 2. The van der Waals surface area contributed by atoms with Crippen molar-refractivity contribution in [1.29, 1.82) is 0 Å². The van der Waals surface area contributed by atoms with Crippen LogP contribution in [0.1, 0.15) is 41.7 Å². The predicted octanol–water partition coefficient (Wildman–Crippen LogP) is 3.38. The van der Waals surface area contributed by atoms with Crippen LogP contribution in [0.2, 0.25) is 0 Å². The summed E-state index contributed by atoms with van der Waals surface area (Å²) in [6.45, 7) is 2.20. The fourth-order valence-electron chi connectivity index (χ4n) is 4.56. The molecule has 2 aliphatic heterocycles. The van der Waals surface area contributed by atoms with E-state index in [2.05, 4.69) is 20.3 Å². The smallest absolute Gasteiger partial charge is 0.256 e. The molecule has 0 bridgehead atoms. The minimum absolute atomic E-state index is 0.0157. The summed E-state index contributed by atoms with van der Waals surface area (Å²) in [6.07, 6.45) is 10.8. The number of aliphatic imine (C=N–C) groups is 1. The molecule has 0 spiro atoms. The fourth-order valence-corrected chi connectivity index (χ4v) is 4.56. The Kier molecular flexibility index (Phi) is 6.39. The zero-order valence-electron chi connectivity index (χ0n) is 19.3. The first-order chi connectivity index (χ1) is 17.0. The van der Waals surface area contributed by atoms with Gasteiger partial charge in [0, 0.05) is 37.0 Å².